The second-order valence-corrected chi connectivity index (χ2v) is 8.05. The van der Waals surface area contributed by atoms with Gasteiger partial charge in [-0.1, -0.05) is 36.4 Å². The number of aliphatic hydroxyl groups is 1. The van der Waals surface area contributed by atoms with Crippen molar-refractivity contribution in [1.29, 1.82) is 0 Å². The molecule has 1 unspecified atom stereocenters. The molecule has 1 atom stereocenters. The van der Waals surface area contributed by atoms with Crippen LogP contribution in [0.2, 0.25) is 0 Å². The zero-order valence-electron chi connectivity index (χ0n) is 17.7. The van der Waals surface area contributed by atoms with Crippen molar-refractivity contribution in [2.75, 3.05) is 23.4 Å². The molecule has 3 heterocycles. The van der Waals surface area contributed by atoms with Crippen LogP contribution in [0.1, 0.15) is 18.4 Å². The molecule has 1 aliphatic rings. The lowest BCUT2D eigenvalue weighted by atomic mass is 10.1. The first-order chi connectivity index (χ1) is 15.7. The van der Waals surface area contributed by atoms with E-state index in [2.05, 4.69) is 20.4 Å². The van der Waals surface area contributed by atoms with Crippen LogP contribution in [0.15, 0.2) is 72.9 Å². The minimum atomic E-state index is -0.0652. The smallest absolute Gasteiger partial charge is 0.228 e. The number of hydrogen-bond acceptors (Lipinski definition) is 5. The van der Waals surface area contributed by atoms with Crippen molar-refractivity contribution in [3.05, 3.63) is 78.5 Å². The third-order valence-corrected chi connectivity index (χ3v) is 5.97. The molecular formula is C25H25N5O2. The van der Waals surface area contributed by atoms with Gasteiger partial charge in [0, 0.05) is 23.8 Å². The number of anilines is 2. The Hall–Kier alpha value is -3.71. The lowest BCUT2D eigenvalue weighted by Gasteiger charge is -2.23. The zero-order valence-corrected chi connectivity index (χ0v) is 17.7. The van der Waals surface area contributed by atoms with Crippen LogP contribution in [-0.2, 0) is 11.2 Å². The van der Waals surface area contributed by atoms with Gasteiger partial charge in [0.05, 0.1) is 24.6 Å². The molecular weight excluding hydrogens is 402 g/mol. The molecule has 0 radical (unpaired) electrons. The van der Waals surface area contributed by atoms with E-state index < -0.39 is 0 Å². The number of fused-ring (bicyclic) bond motifs is 1. The number of benzene rings is 2. The maximum atomic E-state index is 12.6. The van der Waals surface area contributed by atoms with Crippen LogP contribution in [0.4, 0.5) is 11.5 Å². The van der Waals surface area contributed by atoms with E-state index >= 15 is 0 Å². The third-order valence-electron chi connectivity index (χ3n) is 5.97. The predicted octanol–water partition coefficient (Wildman–Crippen LogP) is 3.56. The van der Waals surface area contributed by atoms with E-state index in [0.717, 1.165) is 47.4 Å². The molecule has 1 amide bonds. The van der Waals surface area contributed by atoms with E-state index in [1.165, 1.54) is 0 Å². The van der Waals surface area contributed by atoms with Gasteiger partial charge in [0.15, 0.2) is 11.6 Å². The highest BCUT2D eigenvalue weighted by Crippen LogP contribution is 2.27. The van der Waals surface area contributed by atoms with Gasteiger partial charge in [-0.25, -0.2) is 0 Å². The highest BCUT2D eigenvalue weighted by molar-refractivity contribution is 5.96. The van der Waals surface area contributed by atoms with Gasteiger partial charge < -0.3 is 15.3 Å². The quantitative estimate of drug-likeness (QED) is 0.492. The number of rotatable bonds is 6. The molecule has 1 saturated heterocycles. The Morgan fingerprint density at radius 3 is 2.53 bits per heavy atom. The number of nitrogens with zero attached hydrogens (tertiary/aromatic N) is 4. The minimum Gasteiger partial charge on any atom is -0.394 e. The molecule has 0 aliphatic carbocycles. The molecule has 2 aromatic carbocycles. The highest BCUT2D eigenvalue weighted by atomic mass is 16.3. The largest absolute Gasteiger partial charge is 0.394 e. The van der Waals surface area contributed by atoms with Gasteiger partial charge in [0.25, 0.3) is 0 Å². The van der Waals surface area contributed by atoms with Crippen molar-refractivity contribution < 1.29 is 9.90 Å². The SMILES string of the molecule is O=C(Cc1cn(-c2ccc(N3CCCC3CO)nn2)c2ccccc12)Nc1ccccc1. The summed E-state index contributed by atoms with van der Waals surface area (Å²) in [6.45, 7) is 1.01. The number of para-hydroxylation sites is 2. The second-order valence-electron chi connectivity index (χ2n) is 8.05. The second kappa shape index (κ2) is 8.80. The summed E-state index contributed by atoms with van der Waals surface area (Å²) in [5.74, 6) is 1.41. The van der Waals surface area contributed by atoms with Crippen LogP contribution in [0, 0.1) is 0 Å². The summed E-state index contributed by atoms with van der Waals surface area (Å²) in [5.41, 5.74) is 2.69. The van der Waals surface area contributed by atoms with E-state index in [1.54, 1.807) is 0 Å². The van der Waals surface area contributed by atoms with Gasteiger partial charge in [0.2, 0.25) is 5.91 Å². The van der Waals surface area contributed by atoms with Gasteiger partial charge in [-0.05, 0) is 48.7 Å². The first kappa shape index (κ1) is 20.2. The molecule has 0 saturated carbocycles. The number of carbonyl (C=O) groups excluding carboxylic acids is 1. The van der Waals surface area contributed by atoms with Crippen molar-refractivity contribution in [3.63, 3.8) is 0 Å². The number of hydrogen-bond donors (Lipinski definition) is 2. The van der Waals surface area contributed by atoms with Crippen molar-refractivity contribution in [3.8, 4) is 5.82 Å². The van der Waals surface area contributed by atoms with E-state index in [0.29, 0.717) is 5.82 Å². The normalized spacial score (nSPS) is 15.9. The minimum absolute atomic E-state index is 0.0652. The third kappa shape index (κ3) is 3.94. The Kier molecular flexibility index (Phi) is 5.56. The lowest BCUT2D eigenvalue weighted by molar-refractivity contribution is -0.115. The summed E-state index contributed by atoms with van der Waals surface area (Å²) in [5, 5.41) is 22.5. The van der Waals surface area contributed by atoms with Crippen LogP contribution in [0.5, 0.6) is 0 Å². The van der Waals surface area contributed by atoms with Gasteiger partial charge in [0.1, 0.15) is 0 Å². The summed E-state index contributed by atoms with van der Waals surface area (Å²) in [7, 11) is 0. The predicted molar refractivity (Wildman–Crippen MR) is 125 cm³/mol. The Bertz CT molecular complexity index is 1220. The summed E-state index contributed by atoms with van der Waals surface area (Å²) in [6, 6.07) is 21.5. The number of aromatic nitrogens is 3. The summed E-state index contributed by atoms with van der Waals surface area (Å²) in [4.78, 5) is 14.8. The molecule has 1 fully saturated rings. The number of amides is 1. The van der Waals surface area contributed by atoms with E-state index in [1.807, 2.05) is 77.5 Å². The van der Waals surface area contributed by atoms with Gasteiger partial charge in [-0.15, -0.1) is 10.2 Å². The van der Waals surface area contributed by atoms with E-state index in [4.69, 9.17) is 0 Å². The fourth-order valence-corrected chi connectivity index (χ4v) is 4.41. The Morgan fingerprint density at radius 2 is 1.75 bits per heavy atom. The standard InChI is InChI=1S/C25H25N5O2/c31-17-20-9-6-14-29(20)23-12-13-24(28-27-23)30-16-18(21-10-4-5-11-22(21)30)15-25(32)26-19-7-2-1-3-8-19/h1-5,7-8,10-13,16,20,31H,6,9,14-15,17H2,(H,26,32). The maximum absolute atomic E-state index is 12.6. The summed E-state index contributed by atoms with van der Waals surface area (Å²) in [6.07, 6.45) is 4.24. The van der Waals surface area contributed by atoms with Crippen LogP contribution in [0.25, 0.3) is 16.7 Å². The first-order valence-corrected chi connectivity index (χ1v) is 10.9. The van der Waals surface area contributed by atoms with Crippen LogP contribution < -0.4 is 10.2 Å². The van der Waals surface area contributed by atoms with Crippen molar-refractivity contribution in [2.24, 2.45) is 0 Å². The Morgan fingerprint density at radius 1 is 1.00 bits per heavy atom. The van der Waals surface area contributed by atoms with Crippen molar-refractivity contribution >= 4 is 28.3 Å². The van der Waals surface area contributed by atoms with E-state index in [9.17, 15) is 9.90 Å². The first-order valence-electron chi connectivity index (χ1n) is 10.9. The summed E-state index contributed by atoms with van der Waals surface area (Å²) < 4.78 is 1.98. The monoisotopic (exact) mass is 427 g/mol. The van der Waals surface area contributed by atoms with Crippen LogP contribution in [-0.4, -0.2) is 45.0 Å². The number of carbonyl (C=O) groups is 1. The Balaban J connectivity index is 1.42. The molecule has 7 heteroatoms. The molecule has 0 spiro atoms. The topological polar surface area (TPSA) is 83.3 Å². The molecule has 32 heavy (non-hydrogen) atoms. The van der Waals surface area contributed by atoms with Gasteiger partial charge >= 0.3 is 0 Å². The fraction of sp³-hybridized carbons (Fsp3) is 0.240. The summed E-state index contributed by atoms with van der Waals surface area (Å²) >= 11 is 0. The average Bonchev–Trinajstić information content (AvgIpc) is 3.45. The van der Waals surface area contributed by atoms with Gasteiger partial charge in [-0.3, -0.25) is 9.36 Å². The lowest BCUT2D eigenvalue weighted by Crippen LogP contribution is -2.32. The van der Waals surface area contributed by atoms with Crippen molar-refractivity contribution in [2.45, 2.75) is 25.3 Å². The van der Waals surface area contributed by atoms with E-state index in [-0.39, 0.29) is 25.0 Å². The average molecular weight is 428 g/mol. The van der Waals surface area contributed by atoms with Crippen molar-refractivity contribution in [1.82, 2.24) is 14.8 Å². The molecule has 162 valence electrons. The number of aliphatic hydroxyl groups excluding tert-OH is 1. The Labute approximate surface area is 186 Å². The molecule has 0 bridgehead atoms. The molecule has 1 aliphatic heterocycles. The molecule has 4 aromatic rings. The fourth-order valence-electron chi connectivity index (χ4n) is 4.41. The van der Waals surface area contributed by atoms with Crippen LogP contribution >= 0.6 is 0 Å². The maximum Gasteiger partial charge on any atom is 0.228 e. The molecule has 2 aromatic heterocycles. The zero-order chi connectivity index (χ0) is 21.9. The van der Waals surface area contributed by atoms with Crippen LogP contribution in [0.3, 0.4) is 0 Å². The highest BCUT2D eigenvalue weighted by Gasteiger charge is 2.25. The van der Waals surface area contributed by atoms with Gasteiger partial charge in [-0.2, -0.15) is 0 Å². The molecule has 7 nitrogen and oxygen atoms in total. The number of nitrogens with one attached hydrogen (secondary N) is 1. The molecule has 2 N–H and O–H groups in total. The molecule has 5 rings (SSSR count).